The van der Waals surface area contributed by atoms with Crippen molar-refractivity contribution < 1.29 is 4.79 Å². The van der Waals surface area contributed by atoms with Crippen LogP contribution in [-0.4, -0.2) is 19.4 Å². The van der Waals surface area contributed by atoms with Gasteiger partial charge in [-0.1, -0.05) is 18.5 Å². The van der Waals surface area contributed by atoms with Gasteiger partial charge in [-0.3, -0.25) is 4.79 Å². The summed E-state index contributed by atoms with van der Waals surface area (Å²) in [4.78, 5) is 13.1. The van der Waals surface area contributed by atoms with Crippen molar-refractivity contribution in [2.75, 3.05) is 18.0 Å². The Labute approximate surface area is 95.8 Å². The summed E-state index contributed by atoms with van der Waals surface area (Å²) in [5.74, 6) is 0. The van der Waals surface area contributed by atoms with Crippen molar-refractivity contribution in [1.82, 2.24) is 0 Å². The van der Waals surface area contributed by atoms with Crippen LogP contribution in [0.1, 0.15) is 30.6 Å². The van der Waals surface area contributed by atoms with Gasteiger partial charge in [-0.05, 0) is 31.5 Å². The zero-order valence-corrected chi connectivity index (χ0v) is 9.92. The normalized spacial score (nSPS) is 10.1. The van der Waals surface area contributed by atoms with Crippen LogP contribution in [0.4, 0.5) is 5.69 Å². The van der Waals surface area contributed by atoms with E-state index >= 15 is 0 Å². The number of hydrogen-bond acceptors (Lipinski definition) is 2. The minimum absolute atomic E-state index is 0.605. The zero-order chi connectivity index (χ0) is 11.3. The van der Waals surface area contributed by atoms with Gasteiger partial charge in [0.2, 0.25) is 0 Å². The van der Waals surface area contributed by atoms with Gasteiger partial charge in [-0.25, -0.2) is 0 Å². The molecule has 1 rings (SSSR count). The van der Waals surface area contributed by atoms with Crippen LogP contribution in [0.2, 0.25) is 5.02 Å². The summed E-state index contributed by atoms with van der Waals surface area (Å²) in [7, 11) is 0. The first-order valence-electron chi connectivity index (χ1n) is 5.22. The van der Waals surface area contributed by atoms with Crippen molar-refractivity contribution in [3.63, 3.8) is 0 Å². The quantitative estimate of drug-likeness (QED) is 0.716. The van der Waals surface area contributed by atoms with E-state index in [2.05, 4.69) is 18.7 Å². The molecule has 0 N–H and O–H groups in total. The highest BCUT2D eigenvalue weighted by Crippen LogP contribution is 2.23. The first kappa shape index (κ1) is 12.1. The molecular weight excluding hydrogens is 210 g/mol. The van der Waals surface area contributed by atoms with Crippen LogP contribution in [0.5, 0.6) is 0 Å². The molecule has 0 fully saturated rings. The molecule has 2 nitrogen and oxygen atoms in total. The van der Waals surface area contributed by atoms with Crippen LogP contribution in [0.3, 0.4) is 0 Å². The fraction of sp³-hybridized carbons (Fsp3) is 0.417. The Hall–Kier alpha value is -1.02. The van der Waals surface area contributed by atoms with Crippen LogP contribution in [-0.2, 0) is 0 Å². The van der Waals surface area contributed by atoms with E-state index in [1.165, 1.54) is 0 Å². The molecule has 0 atom stereocenters. The maximum Gasteiger partial charge on any atom is 0.152 e. The molecule has 0 amide bonds. The summed E-state index contributed by atoms with van der Waals surface area (Å²) < 4.78 is 0. The molecule has 0 aromatic heterocycles. The van der Waals surface area contributed by atoms with E-state index in [-0.39, 0.29) is 0 Å². The number of aldehydes is 1. The lowest BCUT2D eigenvalue weighted by Gasteiger charge is -2.23. The lowest BCUT2D eigenvalue weighted by molar-refractivity contribution is 0.112. The summed E-state index contributed by atoms with van der Waals surface area (Å²) >= 11 is 5.84. The Morgan fingerprint density at radius 2 is 2.13 bits per heavy atom. The standard InChI is InChI=1S/C12H16ClNO/c1-3-7-14(4-2)12-6-5-11(13)8-10(12)9-15/h5-6,8-9H,3-4,7H2,1-2H3. The molecule has 1 aromatic carbocycles. The first-order valence-corrected chi connectivity index (χ1v) is 5.60. The summed E-state index contributed by atoms with van der Waals surface area (Å²) in [6.07, 6.45) is 1.92. The van der Waals surface area contributed by atoms with E-state index in [0.717, 1.165) is 31.5 Å². The lowest BCUT2D eigenvalue weighted by Crippen LogP contribution is -2.24. The monoisotopic (exact) mass is 225 g/mol. The van der Waals surface area contributed by atoms with E-state index in [4.69, 9.17) is 11.6 Å². The van der Waals surface area contributed by atoms with Crippen molar-refractivity contribution in [2.45, 2.75) is 20.3 Å². The van der Waals surface area contributed by atoms with Gasteiger partial charge in [0, 0.05) is 29.4 Å². The Kier molecular flexibility index (Phi) is 4.63. The Morgan fingerprint density at radius 1 is 1.40 bits per heavy atom. The van der Waals surface area contributed by atoms with E-state index < -0.39 is 0 Å². The fourth-order valence-corrected chi connectivity index (χ4v) is 1.81. The second kappa shape index (κ2) is 5.76. The molecule has 0 aliphatic carbocycles. The summed E-state index contributed by atoms with van der Waals surface area (Å²) in [5, 5.41) is 0.605. The molecule has 82 valence electrons. The maximum atomic E-state index is 10.9. The van der Waals surface area contributed by atoms with Crippen molar-refractivity contribution in [1.29, 1.82) is 0 Å². The lowest BCUT2D eigenvalue weighted by atomic mass is 10.1. The number of nitrogens with zero attached hydrogens (tertiary/aromatic N) is 1. The van der Waals surface area contributed by atoms with Gasteiger partial charge in [0.25, 0.3) is 0 Å². The summed E-state index contributed by atoms with van der Waals surface area (Å²) in [6, 6.07) is 5.44. The van der Waals surface area contributed by atoms with Gasteiger partial charge >= 0.3 is 0 Å². The highest BCUT2D eigenvalue weighted by Gasteiger charge is 2.08. The SMILES string of the molecule is CCCN(CC)c1ccc(Cl)cc1C=O. The molecule has 0 spiro atoms. The topological polar surface area (TPSA) is 20.3 Å². The number of carbonyl (C=O) groups excluding carboxylic acids is 1. The molecule has 0 aliphatic heterocycles. The van der Waals surface area contributed by atoms with Crippen molar-refractivity contribution in [2.24, 2.45) is 0 Å². The molecule has 0 bridgehead atoms. The summed E-state index contributed by atoms with van der Waals surface area (Å²) in [6.45, 7) is 6.06. The number of halogens is 1. The Morgan fingerprint density at radius 3 is 2.67 bits per heavy atom. The average Bonchev–Trinajstić information content (AvgIpc) is 2.26. The number of anilines is 1. The Balaban J connectivity index is 3.04. The number of rotatable bonds is 5. The molecule has 0 aliphatic rings. The van der Waals surface area contributed by atoms with E-state index in [9.17, 15) is 4.79 Å². The highest BCUT2D eigenvalue weighted by atomic mass is 35.5. The molecule has 0 radical (unpaired) electrons. The smallest absolute Gasteiger partial charge is 0.152 e. The van der Waals surface area contributed by atoms with Gasteiger partial charge in [-0.2, -0.15) is 0 Å². The zero-order valence-electron chi connectivity index (χ0n) is 9.16. The second-order valence-electron chi connectivity index (χ2n) is 3.40. The van der Waals surface area contributed by atoms with E-state index in [1.807, 2.05) is 12.1 Å². The third-order valence-electron chi connectivity index (χ3n) is 2.33. The average molecular weight is 226 g/mol. The third kappa shape index (κ3) is 2.96. The van der Waals surface area contributed by atoms with Crippen LogP contribution in [0.15, 0.2) is 18.2 Å². The van der Waals surface area contributed by atoms with E-state index in [0.29, 0.717) is 10.6 Å². The largest absolute Gasteiger partial charge is 0.371 e. The maximum absolute atomic E-state index is 10.9. The molecule has 0 saturated carbocycles. The highest BCUT2D eigenvalue weighted by molar-refractivity contribution is 6.31. The minimum atomic E-state index is 0.605. The summed E-state index contributed by atoms with van der Waals surface area (Å²) in [5.41, 5.74) is 1.64. The molecule has 15 heavy (non-hydrogen) atoms. The van der Waals surface area contributed by atoms with Crippen LogP contribution in [0.25, 0.3) is 0 Å². The van der Waals surface area contributed by atoms with Gasteiger partial charge in [-0.15, -0.1) is 0 Å². The predicted molar refractivity (Wildman–Crippen MR) is 65.0 cm³/mol. The van der Waals surface area contributed by atoms with Gasteiger partial charge in [0.1, 0.15) is 0 Å². The molecular formula is C12H16ClNO. The van der Waals surface area contributed by atoms with Crippen molar-refractivity contribution in [3.8, 4) is 0 Å². The predicted octanol–water partition coefficient (Wildman–Crippen LogP) is 3.39. The Bertz CT molecular complexity index is 338. The van der Waals surface area contributed by atoms with Crippen molar-refractivity contribution in [3.05, 3.63) is 28.8 Å². The van der Waals surface area contributed by atoms with E-state index in [1.54, 1.807) is 6.07 Å². The van der Waals surface area contributed by atoms with Gasteiger partial charge in [0.05, 0.1) is 0 Å². The number of hydrogen-bond donors (Lipinski definition) is 0. The first-order chi connectivity index (χ1) is 7.22. The third-order valence-corrected chi connectivity index (χ3v) is 2.57. The molecule has 3 heteroatoms. The van der Waals surface area contributed by atoms with Gasteiger partial charge in [0.15, 0.2) is 6.29 Å². The minimum Gasteiger partial charge on any atom is -0.371 e. The number of benzene rings is 1. The number of carbonyl (C=O) groups is 1. The van der Waals surface area contributed by atoms with Crippen molar-refractivity contribution >= 4 is 23.6 Å². The molecule has 1 aromatic rings. The van der Waals surface area contributed by atoms with Gasteiger partial charge < -0.3 is 4.90 Å². The fourth-order valence-electron chi connectivity index (χ4n) is 1.63. The van der Waals surface area contributed by atoms with Crippen LogP contribution in [0, 0.1) is 0 Å². The molecule has 0 unspecified atom stereocenters. The van der Waals surface area contributed by atoms with Crippen LogP contribution < -0.4 is 4.90 Å². The van der Waals surface area contributed by atoms with Crippen LogP contribution >= 0.6 is 11.6 Å². The molecule has 0 saturated heterocycles. The molecule has 0 heterocycles. The second-order valence-corrected chi connectivity index (χ2v) is 3.84.